The van der Waals surface area contributed by atoms with Crippen molar-refractivity contribution in [2.75, 3.05) is 19.6 Å². The van der Waals surface area contributed by atoms with Crippen LogP contribution in [0.4, 0.5) is 4.39 Å². The topological polar surface area (TPSA) is 73.3 Å². The van der Waals surface area contributed by atoms with Gasteiger partial charge in [0, 0.05) is 53.8 Å². The Balaban J connectivity index is 1.83. The summed E-state index contributed by atoms with van der Waals surface area (Å²) >= 11 is 6.67. The van der Waals surface area contributed by atoms with Crippen LogP contribution in [0.1, 0.15) is 23.6 Å². The highest BCUT2D eigenvalue weighted by Gasteiger charge is 2.43. The number of nitrogens with one attached hydrogen (secondary N) is 1. The van der Waals surface area contributed by atoms with Crippen molar-refractivity contribution in [2.24, 2.45) is 17.4 Å². The second-order valence-electron chi connectivity index (χ2n) is 7.94. The third-order valence-corrected chi connectivity index (χ3v) is 6.35. The molecule has 0 bridgehead atoms. The first-order chi connectivity index (χ1) is 14.5. The Bertz CT molecular complexity index is 991. The second-order valence-corrected chi connectivity index (χ2v) is 8.35. The highest BCUT2D eigenvalue weighted by Crippen LogP contribution is 2.48. The minimum atomic E-state index is -0.698. The Kier molecular flexibility index (Phi) is 5.98. The van der Waals surface area contributed by atoms with E-state index < -0.39 is 5.60 Å². The van der Waals surface area contributed by atoms with Gasteiger partial charge in [-0.25, -0.2) is 4.39 Å². The van der Waals surface area contributed by atoms with Crippen LogP contribution in [0.25, 0.3) is 5.57 Å². The summed E-state index contributed by atoms with van der Waals surface area (Å²) in [6, 6.07) is 13.3. The molecular formula is C24H27ClFN3O. The van der Waals surface area contributed by atoms with Gasteiger partial charge in [0.1, 0.15) is 11.6 Å². The summed E-state index contributed by atoms with van der Waals surface area (Å²) in [6.45, 7) is 3.41. The number of allylic oxidation sites excluding steroid dienone is 2. The molecule has 3 atom stereocenters. The average molecular weight is 428 g/mol. The van der Waals surface area contributed by atoms with Crippen LogP contribution in [-0.4, -0.2) is 25.7 Å². The minimum Gasteiger partial charge on any atom is -0.481 e. The quantitative estimate of drug-likeness (QED) is 0.653. The third-order valence-electron chi connectivity index (χ3n) is 6.03. The predicted molar refractivity (Wildman–Crippen MR) is 120 cm³/mol. The van der Waals surface area contributed by atoms with E-state index in [1.807, 2.05) is 42.5 Å². The van der Waals surface area contributed by atoms with Crippen LogP contribution in [0.3, 0.4) is 0 Å². The molecule has 1 aliphatic heterocycles. The summed E-state index contributed by atoms with van der Waals surface area (Å²) in [5.74, 6) is 0.500. The lowest BCUT2D eigenvalue weighted by atomic mass is 9.81. The van der Waals surface area contributed by atoms with Crippen LogP contribution in [0.5, 0.6) is 5.75 Å². The van der Waals surface area contributed by atoms with Crippen molar-refractivity contribution < 1.29 is 9.13 Å². The first kappa shape index (κ1) is 21.1. The zero-order chi connectivity index (χ0) is 21.3. The maximum atomic E-state index is 15.2. The molecule has 1 heterocycles. The van der Waals surface area contributed by atoms with E-state index in [2.05, 4.69) is 12.2 Å². The number of halogens is 2. The standard InChI is InChI=1S/C24H27ClFN3O/c1-15-7-9-19(26)22(23(15)29-12-11-27)21-17-13-24(14-28,16-5-3-2-4-6-16)30-20(17)10-8-18(21)25/h2-10,15,23,29H,11-14,27-28H2,1H3/t15?,23?,24-/m0/s1. The van der Waals surface area contributed by atoms with Gasteiger partial charge in [-0.15, -0.1) is 0 Å². The highest BCUT2D eigenvalue weighted by atomic mass is 35.5. The van der Waals surface area contributed by atoms with Crippen molar-refractivity contribution in [3.63, 3.8) is 0 Å². The van der Waals surface area contributed by atoms with Crippen molar-refractivity contribution in [1.29, 1.82) is 0 Å². The normalized spacial score (nSPS) is 25.4. The molecule has 2 aromatic carbocycles. The average Bonchev–Trinajstić information content (AvgIpc) is 3.16. The van der Waals surface area contributed by atoms with E-state index >= 15 is 4.39 Å². The maximum absolute atomic E-state index is 15.2. The Morgan fingerprint density at radius 1 is 1.20 bits per heavy atom. The lowest BCUT2D eigenvalue weighted by Gasteiger charge is -2.30. The smallest absolute Gasteiger partial charge is 0.150 e. The Hall–Kier alpha value is -2.18. The molecule has 2 aliphatic rings. The lowest BCUT2D eigenvalue weighted by Crippen LogP contribution is -2.40. The molecule has 2 aromatic rings. The lowest BCUT2D eigenvalue weighted by molar-refractivity contribution is 0.103. The molecule has 0 radical (unpaired) electrons. The number of hydrogen-bond acceptors (Lipinski definition) is 4. The summed E-state index contributed by atoms with van der Waals surface area (Å²) in [5.41, 5.74) is 14.4. The molecular weight excluding hydrogens is 401 g/mol. The third kappa shape index (κ3) is 3.56. The molecule has 2 unspecified atom stereocenters. The first-order valence-electron chi connectivity index (χ1n) is 10.3. The molecule has 4 rings (SSSR count). The number of nitrogens with two attached hydrogens (primary N) is 2. The van der Waals surface area contributed by atoms with Gasteiger partial charge < -0.3 is 21.5 Å². The van der Waals surface area contributed by atoms with E-state index in [1.165, 1.54) is 6.08 Å². The molecule has 0 spiro atoms. The monoisotopic (exact) mass is 427 g/mol. The van der Waals surface area contributed by atoms with E-state index in [9.17, 15) is 0 Å². The van der Waals surface area contributed by atoms with E-state index in [0.29, 0.717) is 48.0 Å². The highest BCUT2D eigenvalue weighted by molar-refractivity contribution is 6.32. The molecule has 4 nitrogen and oxygen atoms in total. The molecule has 158 valence electrons. The van der Waals surface area contributed by atoms with E-state index in [0.717, 1.165) is 11.1 Å². The van der Waals surface area contributed by atoms with Crippen LogP contribution < -0.4 is 21.5 Å². The van der Waals surface area contributed by atoms with Crippen molar-refractivity contribution >= 4 is 17.2 Å². The summed E-state index contributed by atoms with van der Waals surface area (Å²) < 4.78 is 21.6. The Morgan fingerprint density at radius 2 is 1.97 bits per heavy atom. The number of hydrogen-bond donors (Lipinski definition) is 3. The first-order valence-corrected chi connectivity index (χ1v) is 10.7. The van der Waals surface area contributed by atoms with Gasteiger partial charge in [0.2, 0.25) is 0 Å². The van der Waals surface area contributed by atoms with Gasteiger partial charge >= 0.3 is 0 Å². The molecule has 0 saturated heterocycles. The molecule has 0 aromatic heterocycles. The van der Waals surface area contributed by atoms with E-state index in [-0.39, 0.29) is 17.8 Å². The van der Waals surface area contributed by atoms with Crippen molar-refractivity contribution in [3.8, 4) is 5.75 Å². The summed E-state index contributed by atoms with van der Waals surface area (Å²) in [6.07, 6.45) is 3.92. The van der Waals surface area contributed by atoms with Gasteiger partial charge in [-0.05, 0) is 29.7 Å². The molecule has 30 heavy (non-hydrogen) atoms. The molecule has 6 heteroatoms. The Morgan fingerprint density at radius 3 is 2.67 bits per heavy atom. The van der Waals surface area contributed by atoms with Crippen molar-refractivity contribution in [2.45, 2.75) is 25.0 Å². The van der Waals surface area contributed by atoms with Crippen LogP contribution in [-0.2, 0) is 12.0 Å². The van der Waals surface area contributed by atoms with Crippen LogP contribution in [0, 0.1) is 5.92 Å². The van der Waals surface area contributed by atoms with Gasteiger partial charge in [-0.2, -0.15) is 0 Å². The summed E-state index contributed by atoms with van der Waals surface area (Å²) in [4.78, 5) is 0. The minimum absolute atomic E-state index is 0.0914. The van der Waals surface area contributed by atoms with Gasteiger partial charge in [0.05, 0.1) is 0 Å². The number of rotatable bonds is 6. The molecule has 1 aliphatic carbocycles. The number of fused-ring (bicyclic) bond motifs is 1. The number of ether oxygens (including phenoxy) is 1. The molecule has 0 fully saturated rings. The van der Waals surface area contributed by atoms with Crippen LogP contribution in [0.2, 0.25) is 5.02 Å². The van der Waals surface area contributed by atoms with Gasteiger partial charge in [-0.3, -0.25) is 0 Å². The van der Waals surface area contributed by atoms with Crippen molar-refractivity contribution in [1.82, 2.24) is 5.32 Å². The SMILES string of the molecule is CC1C=CC(F)=C(c2c(Cl)ccc3c2C[C@](CN)(c2ccccc2)O3)C1NCCN. The van der Waals surface area contributed by atoms with E-state index in [4.69, 9.17) is 27.8 Å². The van der Waals surface area contributed by atoms with Gasteiger partial charge in [0.25, 0.3) is 0 Å². The second kappa shape index (κ2) is 8.52. The van der Waals surface area contributed by atoms with Crippen LogP contribution in [0.15, 0.2) is 60.4 Å². The zero-order valence-corrected chi connectivity index (χ0v) is 17.8. The summed E-state index contributed by atoms with van der Waals surface area (Å²) in [5, 5.41) is 3.89. The molecule has 0 saturated carbocycles. The summed E-state index contributed by atoms with van der Waals surface area (Å²) in [7, 11) is 0. The maximum Gasteiger partial charge on any atom is 0.150 e. The van der Waals surface area contributed by atoms with E-state index in [1.54, 1.807) is 6.07 Å². The fourth-order valence-corrected chi connectivity index (χ4v) is 4.76. The molecule has 5 N–H and O–H groups in total. The fraction of sp³-hybridized carbons (Fsp3) is 0.333. The predicted octanol–water partition coefficient (Wildman–Crippen LogP) is 3.93. The fourth-order valence-electron chi connectivity index (χ4n) is 4.48. The molecule has 0 amide bonds. The number of benzene rings is 2. The van der Waals surface area contributed by atoms with Crippen molar-refractivity contribution in [3.05, 3.63) is 82.2 Å². The Labute approximate surface area is 181 Å². The van der Waals surface area contributed by atoms with Gasteiger partial charge in [0.15, 0.2) is 5.60 Å². The van der Waals surface area contributed by atoms with Crippen LogP contribution >= 0.6 is 11.6 Å². The van der Waals surface area contributed by atoms with Gasteiger partial charge in [-0.1, -0.05) is 54.9 Å². The largest absolute Gasteiger partial charge is 0.481 e. The zero-order valence-electron chi connectivity index (χ0n) is 17.0.